The molecule has 1 aromatic heterocycles. The predicted molar refractivity (Wildman–Crippen MR) is 46.4 cm³/mol. The molecule has 0 aliphatic heterocycles. The second-order valence-electron chi connectivity index (χ2n) is 2.75. The van der Waals surface area contributed by atoms with Crippen LogP contribution in [0.25, 0.3) is 10.9 Å². The number of aliphatic hydroxyl groups is 1. The molecule has 0 bridgehead atoms. The Balaban J connectivity index is 2.67. The second kappa shape index (κ2) is 2.91. The maximum atomic E-state index is 8.88. The zero-order valence-corrected chi connectivity index (χ0v) is 6.62. The van der Waals surface area contributed by atoms with Gasteiger partial charge in [0, 0.05) is 17.0 Å². The Labute approximate surface area is 70.5 Å². The SMILES string of the molecule is OCc1c[nH+]c2ccccc2c1. The Morgan fingerprint density at radius 2 is 2.08 bits per heavy atom. The fourth-order valence-electron chi connectivity index (χ4n) is 1.26. The largest absolute Gasteiger partial charge is 0.391 e. The summed E-state index contributed by atoms with van der Waals surface area (Å²) >= 11 is 0. The summed E-state index contributed by atoms with van der Waals surface area (Å²) in [7, 11) is 0. The van der Waals surface area contributed by atoms with Crippen LogP contribution in [0, 0.1) is 0 Å². The van der Waals surface area contributed by atoms with Crippen LogP contribution >= 0.6 is 0 Å². The minimum atomic E-state index is 0.0847. The van der Waals surface area contributed by atoms with E-state index in [1.807, 2.05) is 36.5 Å². The van der Waals surface area contributed by atoms with Crippen molar-refractivity contribution in [3.05, 3.63) is 42.1 Å². The Kier molecular flexibility index (Phi) is 1.76. The molecule has 0 atom stereocenters. The first kappa shape index (κ1) is 7.25. The van der Waals surface area contributed by atoms with Crippen LogP contribution in [0.2, 0.25) is 0 Å². The molecular formula is C10H10NO+. The van der Waals surface area contributed by atoms with Gasteiger partial charge in [-0.2, -0.15) is 0 Å². The summed E-state index contributed by atoms with van der Waals surface area (Å²) in [4.78, 5) is 3.11. The van der Waals surface area contributed by atoms with E-state index < -0.39 is 0 Å². The first-order valence-electron chi connectivity index (χ1n) is 3.90. The van der Waals surface area contributed by atoms with E-state index in [9.17, 15) is 0 Å². The highest BCUT2D eigenvalue weighted by atomic mass is 16.3. The first-order valence-corrected chi connectivity index (χ1v) is 3.90. The lowest BCUT2D eigenvalue weighted by Crippen LogP contribution is -2.04. The molecule has 0 saturated heterocycles. The molecule has 0 aliphatic rings. The fraction of sp³-hybridized carbons (Fsp3) is 0.100. The Bertz CT molecular complexity index is 398. The van der Waals surface area contributed by atoms with E-state index in [1.165, 1.54) is 0 Å². The molecule has 0 amide bonds. The van der Waals surface area contributed by atoms with Gasteiger partial charge in [-0.3, -0.25) is 0 Å². The van der Waals surface area contributed by atoms with Gasteiger partial charge in [0.2, 0.25) is 5.52 Å². The summed E-state index contributed by atoms with van der Waals surface area (Å²) in [5, 5.41) is 10.0. The maximum Gasteiger partial charge on any atom is 0.210 e. The second-order valence-corrected chi connectivity index (χ2v) is 2.75. The zero-order chi connectivity index (χ0) is 8.39. The predicted octanol–water partition coefficient (Wildman–Crippen LogP) is 1.15. The molecule has 1 aromatic carbocycles. The summed E-state index contributed by atoms with van der Waals surface area (Å²) in [5.74, 6) is 0. The minimum Gasteiger partial charge on any atom is -0.391 e. The van der Waals surface area contributed by atoms with Crippen molar-refractivity contribution in [1.29, 1.82) is 0 Å². The number of H-pyrrole nitrogens is 1. The molecule has 1 heterocycles. The third kappa shape index (κ3) is 1.17. The van der Waals surface area contributed by atoms with Crippen molar-refractivity contribution in [2.45, 2.75) is 6.61 Å². The highest BCUT2D eigenvalue weighted by molar-refractivity contribution is 5.75. The van der Waals surface area contributed by atoms with Crippen molar-refractivity contribution >= 4 is 10.9 Å². The number of rotatable bonds is 1. The van der Waals surface area contributed by atoms with Crippen LogP contribution in [0.4, 0.5) is 0 Å². The first-order chi connectivity index (χ1) is 5.90. The Hall–Kier alpha value is -1.41. The third-order valence-electron chi connectivity index (χ3n) is 1.90. The molecule has 0 fully saturated rings. The number of hydrogen-bond donors (Lipinski definition) is 1. The lowest BCUT2D eigenvalue weighted by atomic mass is 10.2. The van der Waals surface area contributed by atoms with Gasteiger partial charge in [-0.15, -0.1) is 0 Å². The molecule has 0 aliphatic carbocycles. The van der Waals surface area contributed by atoms with Crippen LogP contribution in [0.3, 0.4) is 0 Å². The van der Waals surface area contributed by atoms with Gasteiger partial charge in [0.15, 0.2) is 6.20 Å². The van der Waals surface area contributed by atoms with Gasteiger partial charge in [-0.1, -0.05) is 12.1 Å². The summed E-state index contributed by atoms with van der Waals surface area (Å²) in [6.45, 7) is 0.0847. The molecular weight excluding hydrogens is 150 g/mol. The highest BCUT2D eigenvalue weighted by Gasteiger charge is 1.99. The molecule has 2 heteroatoms. The van der Waals surface area contributed by atoms with Gasteiger partial charge >= 0.3 is 0 Å². The van der Waals surface area contributed by atoms with Crippen molar-refractivity contribution in [2.24, 2.45) is 0 Å². The minimum absolute atomic E-state index is 0.0847. The van der Waals surface area contributed by atoms with Gasteiger partial charge in [0.25, 0.3) is 0 Å². The van der Waals surface area contributed by atoms with Gasteiger partial charge in [0.05, 0.1) is 6.61 Å². The van der Waals surface area contributed by atoms with E-state index in [0.717, 1.165) is 16.5 Å². The van der Waals surface area contributed by atoms with Crippen LogP contribution < -0.4 is 4.98 Å². The number of nitrogens with one attached hydrogen (secondary N) is 1. The number of hydrogen-bond acceptors (Lipinski definition) is 1. The van der Waals surface area contributed by atoms with E-state index in [1.54, 1.807) is 0 Å². The van der Waals surface area contributed by atoms with E-state index in [4.69, 9.17) is 5.11 Å². The van der Waals surface area contributed by atoms with E-state index in [2.05, 4.69) is 4.98 Å². The molecule has 0 unspecified atom stereocenters. The molecule has 2 rings (SSSR count). The van der Waals surface area contributed by atoms with Gasteiger partial charge in [-0.05, 0) is 12.1 Å². The normalized spacial score (nSPS) is 10.4. The summed E-state index contributed by atoms with van der Waals surface area (Å²) in [6.07, 6.45) is 1.82. The maximum absolute atomic E-state index is 8.88. The van der Waals surface area contributed by atoms with Crippen molar-refractivity contribution in [2.75, 3.05) is 0 Å². The molecule has 0 saturated carbocycles. The number of aliphatic hydroxyl groups excluding tert-OH is 1. The van der Waals surface area contributed by atoms with Gasteiger partial charge in [-0.25, -0.2) is 4.98 Å². The lowest BCUT2D eigenvalue weighted by Gasteiger charge is -1.93. The Morgan fingerprint density at radius 3 is 2.92 bits per heavy atom. The number of para-hydroxylation sites is 1. The van der Waals surface area contributed by atoms with Gasteiger partial charge < -0.3 is 5.11 Å². The monoisotopic (exact) mass is 160 g/mol. The summed E-state index contributed by atoms with van der Waals surface area (Å²) < 4.78 is 0. The quantitative estimate of drug-likeness (QED) is 0.667. The fourth-order valence-corrected chi connectivity index (χ4v) is 1.26. The number of aromatic nitrogens is 1. The van der Waals surface area contributed by atoms with E-state index in [-0.39, 0.29) is 6.61 Å². The number of pyridine rings is 1. The van der Waals surface area contributed by atoms with Crippen LogP contribution in [0.15, 0.2) is 36.5 Å². The van der Waals surface area contributed by atoms with Crippen LogP contribution in [-0.4, -0.2) is 5.11 Å². The number of benzene rings is 1. The van der Waals surface area contributed by atoms with Gasteiger partial charge in [0.1, 0.15) is 0 Å². The third-order valence-corrected chi connectivity index (χ3v) is 1.90. The van der Waals surface area contributed by atoms with Crippen LogP contribution in [-0.2, 0) is 6.61 Å². The number of aromatic amines is 1. The molecule has 12 heavy (non-hydrogen) atoms. The molecule has 0 spiro atoms. The molecule has 2 N–H and O–H groups in total. The molecule has 60 valence electrons. The molecule has 2 nitrogen and oxygen atoms in total. The van der Waals surface area contributed by atoms with Crippen molar-refractivity contribution < 1.29 is 10.1 Å². The van der Waals surface area contributed by atoms with Crippen molar-refractivity contribution in [1.82, 2.24) is 0 Å². The molecule has 2 aromatic rings. The number of fused-ring (bicyclic) bond motifs is 1. The smallest absolute Gasteiger partial charge is 0.210 e. The van der Waals surface area contributed by atoms with Crippen molar-refractivity contribution in [3.63, 3.8) is 0 Å². The zero-order valence-electron chi connectivity index (χ0n) is 6.62. The van der Waals surface area contributed by atoms with E-state index >= 15 is 0 Å². The lowest BCUT2D eigenvalue weighted by molar-refractivity contribution is -0.345. The standard InChI is InChI=1S/C10H9NO/c12-7-8-5-9-3-1-2-4-10(9)11-6-8/h1-6,12H,7H2/p+1. The van der Waals surface area contributed by atoms with Crippen molar-refractivity contribution in [3.8, 4) is 0 Å². The van der Waals surface area contributed by atoms with E-state index in [0.29, 0.717) is 0 Å². The Morgan fingerprint density at radius 1 is 1.25 bits per heavy atom. The molecule has 0 radical (unpaired) electrons. The topological polar surface area (TPSA) is 34.4 Å². The van der Waals surface area contributed by atoms with Crippen LogP contribution in [0.1, 0.15) is 5.56 Å². The highest BCUT2D eigenvalue weighted by Crippen LogP contribution is 2.09. The van der Waals surface area contributed by atoms with Crippen LogP contribution in [0.5, 0.6) is 0 Å². The average molecular weight is 160 g/mol. The summed E-state index contributed by atoms with van der Waals surface area (Å²) in [6, 6.07) is 9.97. The summed E-state index contributed by atoms with van der Waals surface area (Å²) in [5.41, 5.74) is 2.00. The average Bonchev–Trinajstić information content (AvgIpc) is 2.17.